The number of amides is 1. The molecule has 6 heteroatoms. The summed E-state index contributed by atoms with van der Waals surface area (Å²) in [5, 5.41) is 0. The van der Waals surface area contributed by atoms with Crippen molar-refractivity contribution in [1.29, 1.82) is 0 Å². The van der Waals surface area contributed by atoms with Gasteiger partial charge in [0, 0.05) is 13.1 Å². The van der Waals surface area contributed by atoms with Crippen LogP contribution in [0.4, 0.5) is 0 Å². The van der Waals surface area contributed by atoms with Crippen LogP contribution in [-0.4, -0.2) is 30.2 Å². The van der Waals surface area contributed by atoms with Gasteiger partial charge in [-0.05, 0) is 31.5 Å². The number of hydrogen-bond donors (Lipinski definition) is 1. The average Bonchev–Trinajstić information content (AvgIpc) is 2.82. The summed E-state index contributed by atoms with van der Waals surface area (Å²) in [4.78, 5) is 13.6. The zero-order valence-corrected chi connectivity index (χ0v) is 11.9. The summed E-state index contributed by atoms with van der Waals surface area (Å²) in [5.74, 6) is 1.44. The maximum atomic E-state index is 11.9. The average molecular weight is 287 g/mol. The molecule has 0 radical (unpaired) electrons. The van der Waals surface area contributed by atoms with Crippen LogP contribution in [0.3, 0.4) is 0 Å². The monoisotopic (exact) mass is 286 g/mol. The largest absolute Gasteiger partial charge is 0.454 e. The highest BCUT2D eigenvalue weighted by Gasteiger charge is 2.18. The lowest BCUT2D eigenvalue weighted by Crippen LogP contribution is -2.41. The molecule has 1 amide bonds. The van der Waals surface area contributed by atoms with Crippen LogP contribution >= 0.6 is 12.4 Å². The number of halogens is 1. The van der Waals surface area contributed by atoms with E-state index in [2.05, 4.69) is 0 Å². The molecular weight excluding hydrogens is 268 g/mol. The number of likely N-dealkylation sites (N-methyl/N-ethyl adjacent to an activating group) is 1. The molecule has 1 aromatic carbocycles. The third kappa shape index (κ3) is 3.52. The molecule has 1 aliphatic rings. The van der Waals surface area contributed by atoms with Crippen LogP contribution in [0, 0.1) is 0 Å². The van der Waals surface area contributed by atoms with Gasteiger partial charge >= 0.3 is 0 Å². The summed E-state index contributed by atoms with van der Waals surface area (Å²) in [6.07, 6.45) is 0. The fourth-order valence-electron chi connectivity index (χ4n) is 1.89. The topological polar surface area (TPSA) is 64.8 Å². The molecule has 0 fully saturated rings. The fourth-order valence-corrected chi connectivity index (χ4v) is 1.89. The number of ether oxygens (including phenoxy) is 2. The Morgan fingerprint density at radius 3 is 2.74 bits per heavy atom. The molecular formula is C13H19ClN2O3. The number of carbonyl (C=O) groups excluding carboxylic acids is 1. The van der Waals surface area contributed by atoms with Crippen LogP contribution in [0.1, 0.15) is 19.4 Å². The molecule has 1 aromatic rings. The maximum Gasteiger partial charge on any atom is 0.239 e. The molecule has 2 N–H and O–H groups in total. The quantitative estimate of drug-likeness (QED) is 0.912. The second-order valence-electron chi connectivity index (χ2n) is 4.33. The molecule has 0 spiro atoms. The Morgan fingerprint density at radius 2 is 2.11 bits per heavy atom. The molecule has 0 saturated heterocycles. The van der Waals surface area contributed by atoms with E-state index >= 15 is 0 Å². The SMILES string of the molecule is CCN(Cc1ccc2c(c1)OCO2)C(=O)[C@@H](C)N.Cl. The second-order valence-corrected chi connectivity index (χ2v) is 4.33. The van der Waals surface area contributed by atoms with E-state index in [4.69, 9.17) is 15.2 Å². The van der Waals surface area contributed by atoms with E-state index in [1.165, 1.54) is 0 Å². The first-order valence-corrected chi connectivity index (χ1v) is 6.04. The first-order chi connectivity index (χ1) is 8.61. The molecule has 1 atom stereocenters. The predicted octanol–water partition coefficient (Wildman–Crippen LogP) is 1.53. The van der Waals surface area contributed by atoms with Crippen molar-refractivity contribution in [1.82, 2.24) is 4.90 Å². The van der Waals surface area contributed by atoms with Gasteiger partial charge in [-0.1, -0.05) is 6.07 Å². The molecule has 19 heavy (non-hydrogen) atoms. The van der Waals surface area contributed by atoms with Crippen LogP contribution in [-0.2, 0) is 11.3 Å². The van der Waals surface area contributed by atoms with Crippen LogP contribution in [0.5, 0.6) is 11.5 Å². The number of nitrogens with zero attached hydrogens (tertiary/aromatic N) is 1. The van der Waals surface area contributed by atoms with E-state index in [1.54, 1.807) is 11.8 Å². The third-order valence-corrected chi connectivity index (χ3v) is 2.89. The van der Waals surface area contributed by atoms with Gasteiger partial charge in [-0.3, -0.25) is 4.79 Å². The minimum atomic E-state index is -0.473. The van der Waals surface area contributed by atoms with Gasteiger partial charge in [0.2, 0.25) is 12.7 Å². The van der Waals surface area contributed by atoms with Gasteiger partial charge in [-0.25, -0.2) is 0 Å². The molecule has 0 saturated carbocycles. The summed E-state index contributed by atoms with van der Waals surface area (Å²) in [7, 11) is 0. The van der Waals surface area contributed by atoms with Crippen molar-refractivity contribution in [3.05, 3.63) is 23.8 Å². The zero-order valence-electron chi connectivity index (χ0n) is 11.1. The standard InChI is InChI=1S/C13H18N2O3.ClH/c1-3-15(13(16)9(2)14)7-10-4-5-11-12(6-10)18-8-17-11;/h4-6,9H,3,7-8,14H2,1-2H3;1H/t9-;/m1./s1. The minimum Gasteiger partial charge on any atom is -0.454 e. The smallest absolute Gasteiger partial charge is 0.239 e. The van der Waals surface area contributed by atoms with E-state index in [0.717, 1.165) is 17.1 Å². The number of fused-ring (bicyclic) bond motifs is 1. The number of benzene rings is 1. The fraction of sp³-hybridized carbons (Fsp3) is 0.462. The van der Waals surface area contributed by atoms with Crippen LogP contribution in [0.2, 0.25) is 0 Å². The predicted molar refractivity (Wildman–Crippen MR) is 74.6 cm³/mol. The summed E-state index contributed by atoms with van der Waals surface area (Å²) >= 11 is 0. The molecule has 0 aromatic heterocycles. The highest BCUT2D eigenvalue weighted by atomic mass is 35.5. The van der Waals surface area contributed by atoms with Crippen molar-refractivity contribution in [3.8, 4) is 11.5 Å². The Hall–Kier alpha value is -1.46. The Kier molecular flexibility index (Phi) is 5.44. The van der Waals surface area contributed by atoms with Gasteiger partial charge < -0.3 is 20.1 Å². The van der Waals surface area contributed by atoms with Crippen molar-refractivity contribution in [2.24, 2.45) is 5.73 Å². The van der Waals surface area contributed by atoms with E-state index in [9.17, 15) is 4.79 Å². The van der Waals surface area contributed by atoms with Gasteiger partial charge in [0.05, 0.1) is 6.04 Å². The Balaban J connectivity index is 0.00000180. The summed E-state index contributed by atoms with van der Waals surface area (Å²) < 4.78 is 10.6. The number of nitrogens with two attached hydrogens (primary N) is 1. The third-order valence-electron chi connectivity index (χ3n) is 2.89. The molecule has 1 aliphatic heterocycles. The van der Waals surface area contributed by atoms with E-state index in [0.29, 0.717) is 13.1 Å². The van der Waals surface area contributed by atoms with E-state index in [-0.39, 0.29) is 25.1 Å². The molecule has 0 aliphatic carbocycles. The first kappa shape index (κ1) is 15.6. The van der Waals surface area contributed by atoms with Crippen molar-refractivity contribution >= 4 is 18.3 Å². The highest BCUT2D eigenvalue weighted by molar-refractivity contribution is 5.85. The molecule has 0 bridgehead atoms. The summed E-state index contributed by atoms with van der Waals surface area (Å²) in [6, 6.07) is 5.23. The van der Waals surface area contributed by atoms with Crippen LogP contribution in [0.15, 0.2) is 18.2 Å². The van der Waals surface area contributed by atoms with Crippen LogP contribution in [0.25, 0.3) is 0 Å². The molecule has 5 nitrogen and oxygen atoms in total. The number of hydrogen-bond acceptors (Lipinski definition) is 4. The van der Waals surface area contributed by atoms with Crippen LogP contribution < -0.4 is 15.2 Å². The lowest BCUT2D eigenvalue weighted by atomic mass is 10.1. The van der Waals surface area contributed by atoms with Gasteiger partial charge in [0.15, 0.2) is 11.5 Å². The minimum absolute atomic E-state index is 0. The summed E-state index contributed by atoms with van der Waals surface area (Å²) in [6.45, 7) is 5.06. The first-order valence-electron chi connectivity index (χ1n) is 6.04. The summed E-state index contributed by atoms with van der Waals surface area (Å²) in [5.41, 5.74) is 6.63. The highest BCUT2D eigenvalue weighted by Crippen LogP contribution is 2.32. The molecule has 0 unspecified atom stereocenters. The second kappa shape index (κ2) is 6.63. The molecule has 106 valence electrons. The van der Waals surface area contributed by atoms with Gasteiger partial charge in [-0.2, -0.15) is 0 Å². The van der Waals surface area contributed by atoms with Gasteiger partial charge in [0.1, 0.15) is 0 Å². The van der Waals surface area contributed by atoms with Crippen molar-refractivity contribution < 1.29 is 14.3 Å². The Morgan fingerprint density at radius 1 is 1.42 bits per heavy atom. The Bertz CT molecular complexity index is 452. The molecule has 2 rings (SSSR count). The molecule has 1 heterocycles. The Labute approximate surface area is 119 Å². The van der Waals surface area contributed by atoms with Crippen molar-refractivity contribution in [2.75, 3.05) is 13.3 Å². The zero-order chi connectivity index (χ0) is 13.1. The number of rotatable bonds is 4. The van der Waals surface area contributed by atoms with Crippen molar-refractivity contribution in [2.45, 2.75) is 26.4 Å². The van der Waals surface area contributed by atoms with E-state index < -0.39 is 6.04 Å². The lowest BCUT2D eigenvalue weighted by molar-refractivity contribution is -0.132. The van der Waals surface area contributed by atoms with Crippen molar-refractivity contribution in [3.63, 3.8) is 0 Å². The van der Waals surface area contributed by atoms with Gasteiger partial charge in [0.25, 0.3) is 0 Å². The maximum absolute atomic E-state index is 11.9. The lowest BCUT2D eigenvalue weighted by Gasteiger charge is -2.23. The van der Waals surface area contributed by atoms with E-state index in [1.807, 2.05) is 25.1 Å². The van der Waals surface area contributed by atoms with Gasteiger partial charge in [-0.15, -0.1) is 12.4 Å². The number of carbonyl (C=O) groups is 1. The normalized spacial score (nSPS) is 13.6.